The van der Waals surface area contributed by atoms with Crippen LogP contribution < -0.4 is 0 Å². The van der Waals surface area contributed by atoms with Gasteiger partial charge in [0.25, 0.3) is 0 Å². The molecule has 4 aromatic carbocycles. The molecule has 1 saturated heterocycles. The maximum atomic E-state index is 5.53. The summed E-state index contributed by atoms with van der Waals surface area (Å²) in [5.41, 5.74) is 1.26. The molecule has 2 heteroatoms. The van der Waals surface area contributed by atoms with E-state index in [-0.39, 0.29) is 6.23 Å². The van der Waals surface area contributed by atoms with Crippen LogP contribution in [0.25, 0.3) is 32.3 Å². The molecule has 0 N–H and O–H groups in total. The quantitative estimate of drug-likeness (QED) is 0.370. The van der Waals surface area contributed by atoms with Crippen molar-refractivity contribution in [1.29, 1.82) is 0 Å². The summed E-state index contributed by atoms with van der Waals surface area (Å²) in [4.78, 5) is 5.53. The normalized spacial score (nSPS) is 22.1. The van der Waals surface area contributed by atoms with Gasteiger partial charge in [-0.25, -0.2) is 0 Å². The van der Waals surface area contributed by atoms with Gasteiger partial charge in [0.05, 0.1) is 0 Å². The molecule has 1 aliphatic rings. The smallest absolute Gasteiger partial charge is 0.180 e. The van der Waals surface area contributed by atoms with E-state index in [1.165, 1.54) is 37.9 Å². The predicted molar refractivity (Wildman–Crippen MR) is 81.7 cm³/mol. The lowest BCUT2D eigenvalue weighted by Gasteiger charge is -2.12. The van der Waals surface area contributed by atoms with Crippen LogP contribution in [0.4, 0.5) is 0 Å². The minimum Gasteiger partial charge on any atom is -0.270 e. The molecule has 1 unspecified atom stereocenters. The van der Waals surface area contributed by atoms with Crippen molar-refractivity contribution in [3.63, 3.8) is 0 Å². The maximum absolute atomic E-state index is 5.53. The molecule has 2 nitrogen and oxygen atoms in total. The van der Waals surface area contributed by atoms with Gasteiger partial charge in [-0.15, -0.1) is 0 Å². The van der Waals surface area contributed by atoms with Crippen LogP contribution in [0, 0.1) is 0 Å². The first-order valence-corrected chi connectivity index (χ1v) is 6.89. The van der Waals surface area contributed by atoms with Crippen LogP contribution in [0.2, 0.25) is 0 Å². The first kappa shape index (κ1) is 10.6. The molecule has 1 heterocycles. The van der Waals surface area contributed by atoms with Crippen molar-refractivity contribution in [2.24, 2.45) is 0 Å². The lowest BCUT2D eigenvalue weighted by molar-refractivity contribution is 0.233. The van der Waals surface area contributed by atoms with Gasteiger partial charge in [0.15, 0.2) is 6.23 Å². The Kier molecular flexibility index (Phi) is 1.85. The van der Waals surface area contributed by atoms with Crippen LogP contribution in [0.3, 0.4) is 0 Å². The van der Waals surface area contributed by atoms with E-state index in [1.54, 1.807) is 0 Å². The Morgan fingerprint density at radius 2 is 1.40 bits per heavy atom. The molecule has 5 rings (SSSR count). The van der Waals surface area contributed by atoms with Crippen molar-refractivity contribution in [3.8, 4) is 0 Å². The Hall–Kier alpha value is -2.16. The zero-order valence-electron chi connectivity index (χ0n) is 11.1. The van der Waals surface area contributed by atoms with Gasteiger partial charge >= 0.3 is 0 Å². The molecule has 0 saturated carbocycles. The van der Waals surface area contributed by atoms with E-state index in [4.69, 9.17) is 4.84 Å². The van der Waals surface area contributed by atoms with Crippen molar-refractivity contribution in [2.45, 2.75) is 6.23 Å². The van der Waals surface area contributed by atoms with Crippen LogP contribution >= 0.6 is 0 Å². The second-order valence-corrected chi connectivity index (χ2v) is 5.51. The zero-order valence-corrected chi connectivity index (χ0v) is 11.1. The third-order valence-electron chi connectivity index (χ3n) is 4.38. The van der Waals surface area contributed by atoms with Crippen LogP contribution in [-0.4, -0.2) is 12.1 Å². The van der Waals surface area contributed by atoms with E-state index in [1.807, 2.05) is 12.1 Å². The number of rotatable bonds is 1. The Morgan fingerprint density at radius 1 is 0.800 bits per heavy atom. The molecule has 0 aliphatic carbocycles. The summed E-state index contributed by atoms with van der Waals surface area (Å²) in [7, 11) is 1.97. The molecule has 4 aromatic rings. The van der Waals surface area contributed by atoms with E-state index in [0.29, 0.717) is 0 Å². The summed E-state index contributed by atoms with van der Waals surface area (Å²) in [6.45, 7) is 0. The molecule has 0 aromatic heterocycles. The topological polar surface area (TPSA) is 15.5 Å². The Bertz CT molecular complexity index is 944. The summed E-state index contributed by atoms with van der Waals surface area (Å²) >= 11 is 0. The molecule has 20 heavy (non-hydrogen) atoms. The highest BCUT2D eigenvalue weighted by Crippen LogP contribution is 2.42. The standard InChI is InChI=1S/C18H13NO/c1-19-18(20-19)15-10-8-13-6-5-11-3-2-4-12-7-9-14(15)17(13)16(11)12/h2-10,18H,1H3/t18-,19?/m1/s1. The molecule has 0 spiro atoms. The number of hydroxylamine groups is 2. The number of nitrogens with zero attached hydrogens (tertiary/aromatic N) is 1. The van der Waals surface area contributed by atoms with Crippen LogP contribution in [0.1, 0.15) is 11.8 Å². The maximum Gasteiger partial charge on any atom is 0.180 e. The van der Waals surface area contributed by atoms with Gasteiger partial charge in [-0.1, -0.05) is 54.6 Å². The number of hydrogen-bond donors (Lipinski definition) is 0. The van der Waals surface area contributed by atoms with Gasteiger partial charge in [-0.3, -0.25) is 4.84 Å². The second kappa shape index (κ2) is 3.48. The highest BCUT2D eigenvalue weighted by Gasteiger charge is 2.35. The lowest BCUT2D eigenvalue weighted by atomic mass is 9.92. The molecule has 0 bridgehead atoms. The SMILES string of the molecule is CN1O[C@@H]1c1ccc2ccc3cccc4ccc1c2c34. The van der Waals surface area contributed by atoms with Crippen LogP contribution in [-0.2, 0) is 4.84 Å². The highest BCUT2D eigenvalue weighted by atomic mass is 16.8. The molecule has 2 atom stereocenters. The minimum atomic E-state index is 0.111. The molecule has 0 radical (unpaired) electrons. The average molecular weight is 259 g/mol. The molecular formula is C18H13NO. The van der Waals surface area contributed by atoms with Crippen molar-refractivity contribution in [3.05, 3.63) is 60.2 Å². The van der Waals surface area contributed by atoms with E-state index >= 15 is 0 Å². The van der Waals surface area contributed by atoms with Crippen molar-refractivity contribution in [1.82, 2.24) is 5.06 Å². The van der Waals surface area contributed by atoms with Gasteiger partial charge in [0.1, 0.15) is 0 Å². The Labute approximate surface area is 116 Å². The van der Waals surface area contributed by atoms with Gasteiger partial charge in [0, 0.05) is 12.6 Å². The monoisotopic (exact) mass is 259 g/mol. The fraction of sp³-hybridized carbons (Fsp3) is 0.111. The Balaban J connectivity index is 2.02. The minimum absolute atomic E-state index is 0.111. The second-order valence-electron chi connectivity index (χ2n) is 5.51. The van der Waals surface area contributed by atoms with E-state index in [0.717, 1.165) is 0 Å². The summed E-state index contributed by atoms with van der Waals surface area (Å²) in [5, 5.41) is 9.85. The lowest BCUT2D eigenvalue weighted by Crippen LogP contribution is -1.92. The number of hydrogen-bond acceptors (Lipinski definition) is 2. The fourth-order valence-electron chi connectivity index (χ4n) is 3.36. The Morgan fingerprint density at radius 3 is 2.10 bits per heavy atom. The summed E-state index contributed by atoms with van der Waals surface area (Å²) in [5.74, 6) is 0. The fourth-order valence-corrected chi connectivity index (χ4v) is 3.36. The van der Waals surface area contributed by atoms with E-state index < -0.39 is 0 Å². The summed E-state index contributed by atoms with van der Waals surface area (Å²) < 4.78 is 0. The van der Waals surface area contributed by atoms with Gasteiger partial charge in [0.2, 0.25) is 0 Å². The molecular weight excluding hydrogens is 246 g/mol. The summed E-state index contributed by atoms with van der Waals surface area (Å²) in [6, 6.07) is 19.8. The third kappa shape index (κ3) is 1.25. The first-order chi connectivity index (χ1) is 9.83. The molecule has 1 fully saturated rings. The van der Waals surface area contributed by atoms with Crippen molar-refractivity contribution >= 4 is 32.3 Å². The highest BCUT2D eigenvalue weighted by molar-refractivity contribution is 6.23. The first-order valence-electron chi connectivity index (χ1n) is 6.89. The van der Waals surface area contributed by atoms with Crippen LogP contribution in [0.15, 0.2) is 54.6 Å². The molecule has 96 valence electrons. The van der Waals surface area contributed by atoms with Crippen molar-refractivity contribution in [2.75, 3.05) is 7.05 Å². The zero-order chi connectivity index (χ0) is 13.3. The molecule has 1 aliphatic heterocycles. The van der Waals surface area contributed by atoms with Gasteiger partial charge in [-0.2, -0.15) is 5.06 Å². The largest absolute Gasteiger partial charge is 0.270 e. The van der Waals surface area contributed by atoms with Gasteiger partial charge in [-0.05, 0) is 32.3 Å². The summed E-state index contributed by atoms with van der Waals surface area (Å²) in [6.07, 6.45) is 0.111. The predicted octanol–water partition coefficient (Wildman–Crippen LogP) is 4.46. The van der Waals surface area contributed by atoms with Crippen molar-refractivity contribution < 1.29 is 4.84 Å². The van der Waals surface area contributed by atoms with E-state index in [9.17, 15) is 0 Å². The number of benzene rings is 4. The van der Waals surface area contributed by atoms with Gasteiger partial charge < -0.3 is 0 Å². The third-order valence-corrected chi connectivity index (χ3v) is 4.38. The van der Waals surface area contributed by atoms with E-state index in [2.05, 4.69) is 54.6 Å². The molecule has 0 amide bonds. The average Bonchev–Trinajstić information content (AvgIpc) is 3.21. The van der Waals surface area contributed by atoms with Crippen LogP contribution in [0.5, 0.6) is 0 Å².